The van der Waals surface area contributed by atoms with Crippen LogP contribution in [0.15, 0.2) is 12.1 Å². The molecule has 1 aliphatic heterocycles. The van der Waals surface area contributed by atoms with Gasteiger partial charge in [-0.2, -0.15) is 0 Å². The highest BCUT2D eigenvalue weighted by molar-refractivity contribution is 5.52. The zero-order chi connectivity index (χ0) is 14.5. The molecule has 0 amide bonds. The van der Waals surface area contributed by atoms with Crippen LogP contribution in [-0.2, 0) is 6.54 Å². The van der Waals surface area contributed by atoms with Gasteiger partial charge in [0.15, 0.2) is 11.5 Å². The van der Waals surface area contributed by atoms with Crippen molar-refractivity contribution in [3.63, 3.8) is 0 Å². The minimum absolute atomic E-state index is 0.0726. The molecule has 1 aromatic carbocycles. The minimum Gasteiger partial charge on any atom is -0.502 e. The fourth-order valence-corrected chi connectivity index (χ4v) is 2.85. The summed E-state index contributed by atoms with van der Waals surface area (Å²) >= 11 is 0. The Morgan fingerprint density at radius 3 is 2.15 bits per heavy atom. The van der Waals surface area contributed by atoms with Crippen molar-refractivity contribution in [1.82, 2.24) is 4.90 Å². The Bertz CT molecular complexity index is 414. The molecule has 1 aliphatic rings. The smallest absolute Gasteiger partial charge is 0.200 e. The fraction of sp³-hybridized carbons (Fsp3) is 0.625. The molecule has 1 aromatic rings. The molecule has 4 heteroatoms. The standard InChI is InChI=1S/C16H25NO3/c1-4-12-5-7-17(8-6-12)11-13-9-14(19-2)16(18)15(10-13)20-3/h9-10,12,18H,4-8,11H2,1-3H3. The van der Waals surface area contributed by atoms with E-state index in [1.54, 1.807) is 14.2 Å². The van der Waals surface area contributed by atoms with E-state index in [2.05, 4.69) is 11.8 Å². The summed E-state index contributed by atoms with van der Waals surface area (Å²) in [5.74, 6) is 1.91. The van der Waals surface area contributed by atoms with Crippen molar-refractivity contribution in [3.8, 4) is 17.2 Å². The average Bonchev–Trinajstić information content (AvgIpc) is 2.49. The lowest BCUT2D eigenvalue weighted by molar-refractivity contribution is 0.174. The maximum Gasteiger partial charge on any atom is 0.200 e. The molecule has 1 fully saturated rings. The number of ether oxygens (including phenoxy) is 2. The van der Waals surface area contributed by atoms with Crippen LogP contribution in [0, 0.1) is 5.92 Å². The number of benzene rings is 1. The van der Waals surface area contributed by atoms with Gasteiger partial charge in [-0.15, -0.1) is 0 Å². The molecule has 0 spiro atoms. The molecule has 0 bridgehead atoms. The molecule has 1 heterocycles. The molecule has 0 saturated carbocycles. The molecule has 0 aromatic heterocycles. The zero-order valence-electron chi connectivity index (χ0n) is 12.7. The first-order chi connectivity index (χ1) is 9.67. The number of hydrogen-bond acceptors (Lipinski definition) is 4. The predicted molar refractivity (Wildman–Crippen MR) is 79.5 cm³/mol. The number of nitrogens with zero attached hydrogens (tertiary/aromatic N) is 1. The first-order valence-electron chi connectivity index (χ1n) is 7.34. The highest BCUT2D eigenvalue weighted by Gasteiger charge is 2.19. The van der Waals surface area contributed by atoms with E-state index in [0.717, 1.165) is 31.1 Å². The molecule has 0 unspecified atom stereocenters. The maximum absolute atomic E-state index is 9.92. The van der Waals surface area contributed by atoms with Crippen LogP contribution in [0.3, 0.4) is 0 Å². The number of phenols is 1. The average molecular weight is 279 g/mol. The fourth-order valence-electron chi connectivity index (χ4n) is 2.85. The van der Waals surface area contributed by atoms with E-state index >= 15 is 0 Å². The minimum atomic E-state index is 0.0726. The van der Waals surface area contributed by atoms with Gasteiger partial charge >= 0.3 is 0 Å². The van der Waals surface area contributed by atoms with Gasteiger partial charge in [-0.25, -0.2) is 0 Å². The number of rotatable bonds is 5. The van der Waals surface area contributed by atoms with Gasteiger partial charge in [0.1, 0.15) is 0 Å². The van der Waals surface area contributed by atoms with Crippen LogP contribution in [0.4, 0.5) is 0 Å². The molecule has 112 valence electrons. The summed E-state index contributed by atoms with van der Waals surface area (Å²) in [5, 5.41) is 9.92. The summed E-state index contributed by atoms with van der Waals surface area (Å²) in [6, 6.07) is 3.79. The number of likely N-dealkylation sites (tertiary alicyclic amines) is 1. The van der Waals surface area contributed by atoms with E-state index in [1.165, 1.54) is 19.3 Å². The number of hydrogen-bond donors (Lipinski definition) is 1. The van der Waals surface area contributed by atoms with Gasteiger partial charge < -0.3 is 14.6 Å². The number of phenolic OH excluding ortho intramolecular Hbond substituents is 1. The van der Waals surface area contributed by atoms with Crippen LogP contribution in [0.1, 0.15) is 31.7 Å². The van der Waals surface area contributed by atoms with Gasteiger partial charge in [0.2, 0.25) is 5.75 Å². The van der Waals surface area contributed by atoms with Crippen LogP contribution in [0.2, 0.25) is 0 Å². The first kappa shape index (κ1) is 15.0. The number of piperidine rings is 1. The van der Waals surface area contributed by atoms with Gasteiger partial charge in [-0.1, -0.05) is 13.3 Å². The summed E-state index contributed by atoms with van der Waals surface area (Å²) in [6.45, 7) is 5.44. The van der Waals surface area contributed by atoms with Crippen molar-refractivity contribution in [2.45, 2.75) is 32.7 Å². The third-order valence-electron chi connectivity index (χ3n) is 4.23. The maximum atomic E-state index is 9.92. The Hall–Kier alpha value is -1.42. The van der Waals surface area contributed by atoms with Crippen molar-refractivity contribution in [1.29, 1.82) is 0 Å². The third-order valence-corrected chi connectivity index (χ3v) is 4.23. The van der Waals surface area contributed by atoms with Gasteiger partial charge in [-0.05, 0) is 49.5 Å². The van der Waals surface area contributed by atoms with E-state index in [9.17, 15) is 5.11 Å². The van der Waals surface area contributed by atoms with Gasteiger partial charge in [0, 0.05) is 6.54 Å². The molecule has 0 aliphatic carbocycles. The number of methoxy groups -OCH3 is 2. The van der Waals surface area contributed by atoms with Crippen molar-refractivity contribution in [3.05, 3.63) is 17.7 Å². The molecular weight excluding hydrogens is 254 g/mol. The predicted octanol–water partition coefficient (Wildman–Crippen LogP) is 3.03. The van der Waals surface area contributed by atoms with Gasteiger partial charge in [-0.3, -0.25) is 4.90 Å². The SMILES string of the molecule is CCC1CCN(Cc2cc(OC)c(O)c(OC)c2)CC1. The van der Waals surface area contributed by atoms with Gasteiger partial charge in [0.25, 0.3) is 0 Å². The van der Waals surface area contributed by atoms with Crippen LogP contribution in [0.25, 0.3) is 0 Å². The lowest BCUT2D eigenvalue weighted by Crippen LogP contribution is -2.33. The van der Waals surface area contributed by atoms with E-state index in [1.807, 2.05) is 12.1 Å². The van der Waals surface area contributed by atoms with Crippen LogP contribution in [0.5, 0.6) is 17.2 Å². The highest BCUT2D eigenvalue weighted by Crippen LogP contribution is 2.37. The van der Waals surface area contributed by atoms with Crippen molar-refractivity contribution in [2.75, 3.05) is 27.3 Å². The zero-order valence-corrected chi connectivity index (χ0v) is 12.7. The van der Waals surface area contributed by atoms with E-state index in [0.29, 0.717) is 11.5 Å². The molecule has 0 radical (unpaired) electrons. The number of aromatic hydroxyl groups is 1. The van der Waals surface area contributed by atoms with E-state index in [-0.39, 0.29) is 5.75 Å². The summed E-state index contributed by atoms with van der Waals surface area (Å²) in [5.41, 5.74) is 1.12. The normalized spacial score (nSPS) is 17.1. The van der Waals surface area contributed by atoms with E-state index in [4.69, 9.17) is 9.47 Å². The van der Waals surface area contributed by atoms with Crippen molar-refractivity contribution >= 4 is 0 Å². The Morgan fingerprint density at radius 1 is 1.15 bits per heavy atom. The molecule has 0 atom stereocenters. The molecule has 20 heavy (non-hydrogen) atoms. The summed E-state index contributed by atoms with van der Waals surface area (Å²) < 4.78 is 10.4. The highest BCUT2D eigenvalue weighted by atomic mass is 16.5. The summed E-state index contributed by atoms with van der Waals surface area (Å²) in [4.78, 5) is 2.46. The lowest BCUT2D eigenvalue weighted by Gasteiger charge is -2.31. The molecule has 2 rings (SSSR count). The summed E-state index contributed by atoms with van der Waals surface area (Å²) in [6.07, 6.45) is 3.85. The Morgan fingerprint density at radius 2 is 1.70 bits per heavy atom. The van der Waals surface area contributed by atoms with Gasteiger partial charge in [0.05, 0.1) is 14.2 Å². The first-order valence-corrected chi connectivity index (χ1v) is 7.34. The van der Waals surface area contributed by atoms with Crippen molar-refractivity contribution in [2.24, 2.45) is 5.92 Å². The molecule has 4 nitrogen and oxygen atoms in total. The van der Waals surface area contributed by atoms with Crippen LogP contribution < -0.4 is 9.47 Å². The lowest BCUT2D eigenvalue weighted by atomic mass is 9.94. The molecule has 1 N–H and O–H groups in total. The van der Waals surface area contributed by atoms with Crippen LogP contribution in [-0.4, -0.2) is 37.3 Å². The Kier molecular flexibility index (Phi) is 5.12. The monoisotopic (exact) mass is 279 g/mol. The third kappa shape index (κ3) is 3.37. The topological polar surface area (TPSA) is 41.9 Å². The van der Waals surface area contributed by atoms with E-state index < -0.39 is 0 Å². The second kappa shape index (κ2) is 6.84. The summed E-state index contributed by atoms with van der Waals surface area (Å²) in [7, 11) is 3.12. The molecule has 1 saturated heterocycles. The van der Waals surface area contributed by atoms with Crippen LogP contribution >= 0.6 is 0 Å². The second-order valence-electron chi connectivity index (χ2n) is 5.48. The molecular formula is C16H25NO3. The van der Waals surface area contributed by atoms with Crippen molar-refractivity contribution < 1.29 is 14.6 Å². The Labute approximate surface area is 121 Å². The Balaban J connectivity index is 2.06. The quantitative estimate of drug-likeness (QED) is 0.899. The largest absolute Gasteiger partial charge is 0.502 e. The second-order valence-corrected chi connectivity index (χ2v) is 5.48.